The molecule has 0 bridgehead atoms. The predicted octanol–water partition coefficient (Wildman–Crippen LogP) is -0.177. The first-order chi connectivity index (χ1) is 9.04. The van der Waals surface area contributed by atoms with Gasteiger partial charge in [0, 0.05) is 26.7 Å². The van der Waals surface area contributed by atoms with Gasteiger partial charge in [-0.05, 0) is 20.0 Å². The standard InChI is InChI=1S/C12H23N3O4/c1-13-4-3-5-14(2)12(18)15-6-7-19-10(9-15)8-11(16)17/h10,13H,3-9H2,1-2H3,(H,16,17). The fourth-order valence-corrected chi connectivity index (χ4v) is 2.04. The van der Waals surface area contributed by atoms with Crippen molar-refractivity contribution in [1.82, 2.24) is 15.1 Å². The summed E-state index contributed by atoms with van der Waals surface area (Å²) in [5, 5.41) is 11.8. The summed E-state index contributed by atoms with van der Waals surface area (Å²) in [6.07, 6.45) is 0.426. The number of hydrogen-bond donors (Lipinski definition) is 2. The minimum absolute atomic E-state index is 0.0604. The smallest absolute Gasteiger partial charge is 0.319 e. The summed E-state index contributed by atoms with van der Waals surface area (Å²) in [6, 6.07) is -0.0604. The van der Waals surface area contributed by atoms with Crippen LogP contribution in [0.5, 0.6) is 0 Å². The van der Waals surface area contributed by atoms with E-state index >= 15 is 0 Å². The molecule has 7 nitrogen and oxygen atoms in total. The number of nitrogens with one attached hydrogen (secondary N) is 1. The Morgan fingerprint density at radius 2 is 2.26 bits per heavy atom. The highest BCUT2D eigenvalue weighted by molar-refractivity contribution is 5.74. The van der Waals surface area contributed by atoms with E-state index < -0.39 is 12.1 Å². The van der Waals surface area contributed by atoms with Gasteiger partial charge < -0.3 is 25.0 Å². The second kappa shape index (κ2) is 7.96. The van der Waals surface area contributed by atoms with Crippen LogP contribution in [-0.4, -0.2) is 79.9 Å². The summed E-state index contributed by atoms with van der Waals surface area (Å²) in [4.78, 5) is 26.1. The van der Waals surface area contributed by atoms with Crippen LogP contribution in [0.2, 0.25) is 0 Å². The molecular weight excluding hydrogens is 250 g/mol. The zero-order valence-electron chi connectivity index (χ0n) is 11.6. The van der Waals surface area contributed by atoms with Crippen molar-refractivity contribution in [3.63, 3.8) is 0 Å². The lowest BCUT2D eigenvalue weighted by Gasteiger charge is -2.34. The maximum absolute atomic E-state index is 12.2. The van der Waals surface area contributed by atoms with Gasteiger partial charge in [-0.15, -0.1) is 0 Å². The van der Waals surface area contributed by atoms with Gasteiger partial charge in [-0.3, -0.25) is 4.79 Å². The van der Waals surface area contributed by atoms with E-state index in [1.165, 1.54) is 0 Å². The molecule has 0 aliphatic carbocycles. The average molecular weight is 273 g/mol. The van der Waals surface area contributed by atoms with Crippen LogP contribution in [0.1, 0.15) is 12.8 Å². The number of amides is 2. The molecule has 0 aromatic rings. The number of nitrogens with zero attached hydrogens (tertiary/aromatic N) is 2. The SMILES string of the molecule is CNCCCN(C)C(=O)N1CCOC(CC(=O)O)C1. The van der Waals surface area contributed by atoms with Crippen LogP contribution in [0.15, 0.2) is 0 Å². The molecular formula is C12H23N3O4. The largest absolute Gasteiger partial charge is 0.481 e. The molecule has 1 aliphatic heterocycles. The van der Waals surface area contributed by atoms with Crippen LogP contribution >= 0.6 is 0 Å². The third kappa shape index (κ3) is 5.44. The summed E-state index contributed by atoms with van der Waals surface area (Å²) < 4.78 is 5.34. The van der Waals surface area contributed by atoms with Gasteiger partial charge in [0.25, 0.3) is 0 Å². The third-order valence-electron chi connectivity index (χ3n) is 3.06. The van der Waals surface area contributed by atoms with Crippen molar-refractivity contribution in [1.29, 1.82) is 0 Å². The molecule has 1 saturated heterocycles. The highest BCUT2D eigenvalue weighted by Crippen LogP contribution is 2.10. The van der Waals surface area contributed by atoms with Gasteiger partial charge in [-0.2, -0.15) is 0 Å². The maximum Gasteiger partial charge on any atom is 0.319 e. The summed E-state index contributed by atoms with van der Waals surface area (Å²) in [5.74, 6) is -0.901. The van der Waals surface area contributed by atoms with Crippen LogP contribution in [0.3, 0.4) is 0 Å². The van der Waals surface area contributed by atoms with Crippen molar-refractivity contribution in [2.75, 3.05) is 46.9 Å². The van der Waals surface area contributed by atoms with Crippen molar-refractivity contribution >= 4 is 12.0 Å². The molecule has 110 valence electrons. The molecule has 1 fully saturated rings. The monoisotopic (exact) mass is 273 g/mol. The van der Waals surface area contributed by atoms with Gasteiger partial charge in [-0.25, -0.2) is 4.79 Å². The molecule has 0 radical (unpaired) electrons. The summed E-state index contributed by atoms with van der Waals surface area (Å²) in [7, 11) is 3.64. The van der Waals surface area contributed by atoms with Crippen molar-refractivity contribution in [3.05, 3.63) is 0 Å². The van der Waals surface area contributed by atoms with E-state index in [0.29, 0.717) is 26.2 Å². The average Bonchev–Trinajstić information content (AvgIpc) is 2.37. The molecule has 1 unspecified atom stereocenters. The molecule has 19 heavy (non-hydrogen) atoms. The molecule has 2 amide bonds. The molecule has 0 saturated carbocycles. The molecule has 0 spiro atoms. The van der Waals surface area contributed by atoms with Gasteiger partial charge in [0.05, 0.1) is 19.1 Å². The Morgan fingerprint density at radius 1 is 1.53 bits per heavy atom. The number of carbonyl (C=O) groups is 2. The molecule has 0 aromatic heterocycles. The lowest BCUT2D eigenvalue weighted by Crippen LogP contribution is -2.50. The first-order valence-electron chi connectivity index (χ1n) is 6.52. The van der Waals surface area contributed by atoms with Crippen molar-refractivity contribution in [2.45, 2.75) is 18.9 Å². The number of morpholine rings is 1. The Hall–Kier alpha value is -1.34. The third-order valence-corrected chi connectivity index (χ3v) is 3.06. The van der Waals surface area contributed by atoms with Gasteiger partial charge in [0.1, 0.15) is 0 Å². The lowest BCUT2D eigenvalue weighted by molar-refractivity contribution is -0.141. The molecule has 7 heteroatoms. The zero-order chi connectivity index (χ0) is 14.3. The number of ether oxygens (including phenoxy) is 1. The van der Waals surface area contributed by atoms with Gasteiger partial charge in [0.15, 0.2) is 0 Å². The fourth-order valence-electron chi connectivity index (χ4n) is 2.04. The van der Waals surface area contributed by atoms with E-state index in [2.05, 4.69) is 5.32 Å². The van der Waals surface area contributed by atoms with Crippen molar-refractivity contribution < 1.29 is 19.4 Å². The number of hydrogen-bond acceptors (Lipinski definition) is 4. The van der Waals surface area contributed by atoms with E-state index in [4.69, 9.17) is 9.84 Å². The Balaban J connectivity index is 2.40. The Morgan fingerprint density at radius 3 is 2.89 bits per heavy atom. The van der Waals surface area contributed by atoms with Crippen LogP contribution < -0.4 is 5.32 Å². The van der Waals surface area contributed by atoms with E-state index in [1.807, 2.05) is 7.05 Å². The normalized spacial score (nSPS) is 19.3. The number of carbonyl (C=O) groups excluding carboxylic acids is 1. The van der Waals surface area contributed by atoms with E-state index in [-0.39, 0.29) is 12.5 Å². The molecule has 1 aliphatic rings. The Labute approximate surface area is 113 Å². The topological polar surface area (TPSA) is 82.1 Å². The maximum atomic E-state index is 12.2. The second-order valence-electron chi connectivity index (χ2n) is 4.70. The molecule has 1 atom stereocenters. The fraction of sp³-hybridized carbons (Fsp3) is 0.833. The quantitative estimate of drug-likeness (QED) is 0.656. The Bertz CT molecular complexity index is 311. The number of carboxylic acids is 1. The molecule has 0 aromatic carbocycles. The van der Waals surface area contributed by atoms with Crippen LogP contribution in [0.4, 0.5) is 4.79 Å². The van der Waals surface area contributed by atoms with Crippen molar-refractivity contribution in [3.8, 4) is 0 Å². The minimum atomic E-state index is -0.901. The van der Waals surface area contributed by atoms with Crippen LogP contribution in [0, 0.1) is 0 Å². The van der Waals surface area contributed by atoms with Gasteiger partial charge in [0.2, 0.25) is 0 Å². The first-order valence-corrected chi connectivity index (χ1v) is 6.52. The lowest BCUT2D eigenvalue weighted by atomic mass is 10.2. The van der Waals surface area contributed by atoms with Gasteiger partial charge in [-0.1, -0.05) is 0 Å². The highest BCUT2D eigenvalue weighted by atomic mass is 16.5. The molecule has 1 rings (SSSR count). The van der Waals surface area contributed by atoms with Crippen molar-refractivity contribution in [2.24, 2.45) is 0 Å². The Kier molecular flexibility index (Phi) is 6.58. The molecule has 2 N–H and O–H groups in total. The predicted molar refractivity (Wildman–Crippen MR) is 70.1 cm³/mol. The second-order valence-corrected chi connectivity index (χ2v) is 4.70. The van der Waals surface area contributed by atoms with E-state index in [0.717, 1.165) is 13.0 Å². The number of rotatable bonds is 6. The van der Waals surface area contributed by atoms with E-state index in [1.54, 1.807) is 16.8 Å². The highest BCUT2D eigenvalue weighted by Gasteiger charge is 2.27. The number of aliphatic carboxylic acids is 1. The minimum Gasteiger partial charge on any atom is -0.481 e. The van der Waals surface area contributed by atoms with Crippen LogP contribution in [0.25, 0.3) is 0 Å². The summed E-state index contributed by atoms with van der Waals surface area (Å²) in [5.41, 5.74) is 0. The zero-order valence-corrected chi connectivity index (χ0v) is 11.6. The van der Waals surface area contributed by atoms with Crippen LogP contribution in [-0.2, 0) is 9.53 Å². The van der Waals surface area contributed by atoms with Gasteiger partial charge >= 0.3 is 12.0 Å². The summed E-state index contributed by atoms with van der Waals surface area (Å²) in [6.45, 7) is 2.81. The first kappa shape index (κ1) is 15.7. The summed E-state index contributed by atoms with van der Waals surface area (Å²) >= 11 is 0. The number of carboxylic acid groups (broad SMARTS) is 1. The molecule has 1 heterocycles. The number of urea groups is 1. The van der Waals surface area contributed by atoms with E-state index in [9.17, 15) is 9.59 Å².